The Morgan fingerprint density at radius 3 is 1.88 bits per heavy atom. The van der Waals surface area contributed by atoms with E-state index in [1.54, 1.807) is 24.8 Å². The van der Waals surface area contributed by atoms with Crippen molar-refractivity contribution in [3.05, 3.63) is 176 Å². The normalized spacial score (nSPS) is 13.7. The number of aromatic nitrogens is 4. The standard InChI is InChI=1S/C42H29N7/c43-37-25-32(40-16-4-14-38(46-40)30-10-6-22-44-26-30)24-36(41-17-5-15-39(47-41)31-11-7-23-45-27-31)42(37)49-48-33-20-18-29(19-21-33)35-13-3-9-28-8-1-2-12-34(28)35/h1-27,43,48H/p+1. The van der Waals surface area contributed by atoms with Crippen molar-refractivity contribution in [3.8, 4) is 33.6 Å². The summed E-state index contributed by atoms with van der Waals surface area (Å²) in [6.45, 7) is 0. The summed E-state index contributed by atoms with van der Waals surface area (Å²) in [5.41, 5.74) is 12.3. The van der Waals surface area contributed by atoms with Gasteiger partial charge in [-0.25, -0.2) is 9.97 Å². The van der Waals surface area contributed by atoms with E-state index in [1.807, 2.05) is 78.2 Å². The van der Waals surface area contributed by atoms with Crippen LogP contribution in [-0.2, 0) is 0 Å². The average molecular weight is 633 g/mol. The molecule has 4 aromatic heterocycles. The van der Waals surface area contributed by atoms with Crippen LogP contribution in [0.4, 0.5) is 5.69 Å². The number of nitrogens with one attached hydrogen (secondary N) is 1. The zero-order chi connectivity index (χ0) is 33.0. The lowest BCUT2D eigenvalue weighted by Gasteiger charge is -2.17. The molecule has 7 aromatic rings. The second kappa shape index (κ2) is 13.2. The third kappa shape index (κ3) is 6.22. The first-order valence-electron chi connectivity index (χ1n) is 16.0. The summed E-state index contributed by atoms with van der Waals surface area (Å²) in [6.07, 6.45) is 10.9. The quantitative estimate of drug-likeness (QED) is 0.0800. The van der Waals surface area contributed by atoms with Crippen LogP contribution in [0, 0.1) is 5.41 Å². The third-order valence-electron chi connectivity index (χ3n) is 8.45. The summed E-state index contributed by atoms with van der Waals surface area (Å²) < 4.78 is 0. The molecule has 49 heavy (non-hydrogen) atoms. The van der Waals surface area contributed by atoms with Gasteiger partial charge in [-0.3, -0.25) is 15.4 Å². The lowest BCUT2D eigenvalue weighted by molar-refractivity contribution is -0.577. The molecule has 0 amide bonds. The predicted molar refractivity (Wildman–Crippen MR) is 197 cm³/mol. The van der Waals surface area contributed by atoms with Crippen LogP contribution >= 0.6 is 0 Å². The molecule has 0 radical (unpaired) electrons. The molecule has 0 fully saturated rings. The zero-order valence-electron chi connectivity index (χ0n) is 26.4. The van der Waals surface area contributed by atoms with Crippen molar-refractivity contribution in [2.45, 2.75) is 0 Å². The molecule has 0 aliphatic heterocycles. The molecule has 0 bridgehead atoms. The number of fused-ring (bicyclic) bond motifs is 1. The van der Waals surface area contributed by atoms with Crippen molar-refractivity contribution in [1.82, 2.24) is 19.9 Å². The van der Waals surface area contributed by atoms with Gasteiger partial charge in [0.1, 0.15) is 0 Å². The van der Waals surface area contributed by atoms with E-state index in [0.717, 1.165) is 50.6 Å². The van der Waals surface area contributed by atoms with Crippen LogP contribution in [0.2, 0.25) is 0 Å². The van der Waals surface area contributed by atoms with E-state index in [4.69, 9.17) is 15.1 Å². The Morgan fingerprint density at radius 1 is 0.531 bits per heavy atom. The molecule has 4 heterocycles. The lowest BCUT2D eigenvalue weighted by Crippen LogP contribution is -2.72. The van der Waals surface area contributed by atoms with Crippen molar-refractivity contribution >= 4 is 39.0 Å². The van der Waals surface area contributed by atoms with Crippen molar-refractivity contribution < 1.29 is 5.43 Å². The van der Waals surface area contributed by atoms with Crippen LogP contribution in [0.15, 0.2) is 169 Å². The van der Waals surface area contributed by atoms with Gasteiger partial charge in [0.05, 0.1) is 28.5 Å². The summed E-state index contributed by atoms with van der Waals surface area (Å²) in [5, 5.41) is 16.5. The minimum absolute atomic E-state index is 0.276. The molecule has 1 aliphatic carbocycles. The zero-order valence-corrected chi connectivity index (χ0v) is 26.4. The van der Waals surface area contributed by atoms with Gasteiger partial charge in [-0.15, -0.1) is 0 Å². The fraction of sp³-hybridized carbons (Fsp3) is 0. The van der Waals surface area contributed by atoms with Crippen LogP contribution < -0.4 is 5.43 Å². The summed E-state index contributed by atoms with van der Waals surface area (Å²) in [5.74, 6) is 0. The van der Waals surface area contributed by atoms with Crippen LogP contribution in [-0.4, -0.2) is 31.4 Å². The minimum atomic E-state index is 0.276. The number of hydrogen-bond acceptors (Lipinski definition) is 6. The predicted octanol–water partition coefficient (Wildman–Crippen LogP) is 8.17. The number of allylic oxidation sites excluding steroid dienone is 4. The van der Waals surface area contributed by atoms with Gasteiger partial charge < -0.3 is 0 Å². The molecule has 0 saturated carbocycles. The highest BCUT2D eigenvalue weighted by Gasteiger charge is 2.24. The number of quaternary nitrogens is 1. The summed E-state index contributed by atoms with van der Waals surface area (Å²) in [6, 6.07) is 42.7. The van der Waals surface area contributed by atoms with E-state index in [-0.39, 0.29) is 5.71 Å². The highest BCUT2D eigenvalue weighted by molar-refractivity contribution is 6.62. The Bertz CT molecular complexity index is 2410. The fourth-order valence-electron chi connectivity index (χ4n) is 6.01. The Balaban J connectivity index is 1.15. The van der Waals surface area contributed by atoms with E-state index >= 15 is 0 Å². The molecule has 3 aromatic carbocycles. The Labute approximate surface area is 283 Å². The molecular formula is C42H30N7+. The number of benzene rings is 3. The van der Waals surface area contributed by atoms with Crippen molar-refractivity contribution in [2.75, 3.05) is 0 Å². The van der Waals surface area contributed by atoms with Crippen molar-refractivity contribution in [2.24, 2.45) is 5.10 Å². The van der Waals surface area contributed by atoms with Crippen LogP contribution in [0.25, 0.3) is 55.6 Å². The number of nitrogens with zero attached hydrogens (tertiary/aromatic N) is 5. The second-order valence-electron chi connectivity index (χ2n) is 11.6. The van der Waals surface area contributed by atoms with Gasteiger partial charge >= 0.3 is 0 Å². The van der Waals surface area contributed by atoms with Crippen LogP contribution in [0.5, 0.6) is 0 Å². The maximum atomic E-state index is 9.19. The first-order chi connectivity index (χ1) is 24.2. The number of hydrogen-bond donors (Lipinski definition) is 2. The lowest BCUT2D eigenvalue weighted by atomic mass is 9.91. The van der Waals surface area contributed by atoms with Gasteiger partial charge in [0.2, 0.25) is 0 Å². The summed E-state index contributed by atoms with van der Waals surface area (Å²) in [7, 11) is 0. The molecule has 3 N–H and O–H groups in total. The smallest absolute Gasteiger partial charge is 0.155 e. The number of rotatable bonds is 7. The first-order valence-corrected chi connectivity index (χ1v) is 16.0. The summed E-state index contributed by atoms with van der Waals surface area (Å²) in [4.78, 5) is 18.5. The van der Waals surface area contributed by atoms with Crippen molar-refractivity contribution in [3.63, 3.8) is 0 Å². The minimum Gasteiger partial charge on any atom is -0.298 e. The van der Waals surface area contributed by atoms with Gasteiger partial charge in [-0.05, 0) is 94.7 Å². The fourth-order valence-corrected chi connectivity index (χ4v) is 6.01. The molecule has 0 unspecified atom stereocenters. The Hall–Kier alpha value is -6.70. The topological polar surface area (TPSA) is 104 Å². The van der Waals surface area contributed by atoms with E-state index in [0.29, 0.717) is 11.4 Å². The highest BCUT2D eigenvalue weighted by atomic mass is 15.3. The molecule has 7 heteroatoms. The molecule has 0 atom stereocenters. The maximum absolute atomic E-state index is 9.19. The largest absolute Gasteiger partial charge is 0.298 e. The maximum Gasteiger partial charge on any atom is 0.155 e. The highest BCUT2D eigenvalue weighted by Crippen LogP contribution is 2.31. The van der Waals surface area contributed by atoms with E-state index in [9.17, 15) is 5.41 Å². The van der Waals surface area contributed by atoms with E-state index in [2.05, 4.69) is 76.7 Å². The van der Waals surface area contributed by atoms with Gasteiger partial charge in [-0.1, -0.05) is 59.7 Å². The molecule has 8 rings (SSSR count). The second-order valence-corrected chi connectivity index (χ2v) is 11.6. The molecule has 232 valence electrons. The monoisotopic (exact) mass is 632 g/mol. The SMILES string of the molecule is N=C1C=C(c2cccc(-c3cccnc3)n2)C=C(c2cccc(-c3cccnc3)n2)C1=N[NH2+]c1ccc(-c2cccc3ccccc23)cc1. The number of pyridine rings is 4. The first kappa shape index (κ1) is 29.7. The van der Waals surface area contributed by atoms with E-state index < -0.39 is 0 Å². The molecule has 0 saturated heterocycles. The van der Waals surface area contributed by atoms with E-state index in [1.165, 1.54) is 16.3 Å². The van der Waals surface area contributed by atoms with Gasteiger partial charge in [0.15, 0.2) is 11.4 Å². The van der Waals surface area contributed by atoms with Crippen LogP contribution in [0.1, 0.15) is 11.4 Å². The van der Waals surface area contributed by atoms with Crippen molar-refractivity contribution in [1.29, 1.82) is 5.41 Å². The summed E-state index contributed by atoms with van der Waals surface area (Å²) >= 11 is 0. The average Bonchev–Trinajstić information content (AvgIpc) is 3.18. The Morgan fingerprint density at radius 2 is 1.16 bits per heavy atom. The third-order valence-corrected chi connectivity index (χ3v) is 8.45. The van der Waals surface area contributed by atoms with Gasteiger partial charge in [0.25, 0.3) is 0 Å². The Kier molecular flexibility index (Phi) is 7.99. The number of nitrogens with two attached hydrogens (primary N) is 1. The van der Waals surface area contributed by atoms with Crippen LogP contribution in [0.3, 0.4) is 0 Å². The molecular weight excluding hydrogens is 603 g/mol. The van der Waals surface area contributed by atoms with Gasteiger partial charge in [0, 0.05) is 59.2 Å². The molecule has 1 aliphatic rings. The molecule has 7 nitrogen and oxygen atoms in total. The molecule has 0 spiro atoms. The van der Waals surface area contributed by atoms with Gasteiger partial charge in [-0.2, -0.15) is 5.43 Å².